The van der Waals surface area contributed by atoms with Gasteiger partial charge in [-0.2, -0.15) is 0 Å². The summed E-state index contributed by atoms with van der Waals surface area (Å²) in [4.78, 5) is 0. The van der Waals surface area contributed by atoms with Crippen LogP contribution in [-0.2, 0) is 9.47 Å². The van der Waals surface area contributed by atoms with Gasteiger partial charge in [-0.25, -0.2) is 0 Å². The summed E-state index contributed by atoms with van der Waals surface area (Å²) in [5.74, 6) is 0. The van der Waals surface area contributed by atoms with Gasteiger partial charge < -0.3 is 14.6 Å². The molecule has 0 aromatic carbocycles. The third-order valence-electron chi connectivity index (χ3n) is 2.27. The number of hydrogen-bond donors (Lipinski definition) is 1. The Hall–Kier alpha value is -0.540. The second-order valence-corrected chi connectivity index (χ2v) is 3.58. The van der Waals surface area contributed by atoms with E-state index in [-0.39, 0.29) is 6.10 Å². The first-order valence-corrected chi connectivity index (χ1v) is 5.41. The zero-order valence-corrected chi connectivity index (χ0v) is 8.87. The minimum Gasteiger partial charge on any atom is -0.501 e. The molecule has 82 valence electrons. The maximum Gasteiger partial charge on any atom is 0.0876 e. The van der Waals surface area contributed by atoms with E-state index in [0.29, 0.717) is 13.0 Å². The number of rotatable bonds is 6. The van der Waals surface area contributed by atoms with Gasteiger partial charge in [0.15, 0.2) is 0 Å². The van der Waals surface area contributed by atoms with Crippen LogP contribution in [-0.4, -0.2) is 31.0 Å². The van der Waals surface area contributed by atoms with Gasteiger partial charge in [-0.05, 0) is 24.8 Å². The molecule has 3 heteroatoms. The van der Waals surface area contributed by atoms with Gasteiger partial charge in [-0.15, -0.1) is 0 Å². The smallest absolute Gasteiger partial charge is 0.0876 e. The molecular formula is C11H20O3. The van der Waals surface area contributed by atoms with Crippen LogP contribution in [0.3, 0.4) is 0 Å². The molecule has 0 aliphatic carbocycles. The highest BCUT2D eigenvalue weighted by molar-refractivity contribution is 5.06. The quantitative estimate of drug-likeness (QED) is 0.665. The van der Waals surface area contributed by atoms with Gasteiger partial charge in [-0.3, -0.25) is 0 Å². The van der Waals surface area contributed by atoms with Crippen molar-refractivity contribution in [3.05, 3.63) is 11.8 Å². The Morgan fingerprint density at radius 2 is 2.43 bits per heavy atom. The SMILES string of the molecule is CCCOCCC(O)C1=COCCC1. The van der Waals surface area contributed by atoms with Crippen molar-refractivity contribution in [1.29, 1.82) is 0 Å². The topological polar surface area (TPSA) is 38.7 Å². The van der Waals surface area contributed by atoms with Crippen LogP contribution in [0.2, 0.25) is 0 Å². The molecule has 1 heterocycles. The molecule has 1 atom stereocenters. The molecule has 1 aliphatic heterocycles. The van der Waals surface area contributed by atoms with Crippen LogP contribution in [0.5, 0.6) is 0 Å². The minimum absolute atomic E-state index is 0.382. The molecular weight excluding hydrogens is 180 g/mol. The van der Waals surface area contributed by atoms with Crippen LogP contribution < -0.4 is 0 Å². The predicted molar refractivity (Wildman–Crippen MR) is 55.0 cm³/mol. The van der Waals surface area contributed by atoms with E-state index >= 15 is 0 Å². The van der Waals surface area contributed by atoms with Gasteiger partial charge in [0, 0.05) is 19.6 Å². The Morgan fingerprint density at radius 1 is 1.57 bits per heavy atom. The third-order valence-corrected chi connectivity index (χ3v) is 2.27. The molecule has 0 bridgehead atoms. The van der Waals surface area contributed by atoms with Crippen LogP contribution in [0.4, 0.5) is 0 Å². The zero-order chi connectivity index (χ0) is 10.2. The van der Waals surface area contributed by atoms with Crippen molar-refractivity contribution >= 4 is 0 Å². The highest BCUT2D eigenvalue weighted by atomic mass is 16.5. The summed E-state index contributed by atoms with van der Waals surface area (Å²) in [6.07, 6.45) is 4.99. The summed E-state index contributed by atoms with van der Waals surface area (Å²) in [5.41, 5.74) is 1.01. The predicted octanol–water partition coefficient (Wildman–Crippen LogP) is 1.86. The van der Waals surface area contributed by atoms with Crippen LogP contribution in [0.25, 0.3) is 0 Å². The molecule has 1 aliphatic rings. The van der Waals surface area contributed by atoms with Gasteiger partial charge >= 0.3 is 0 Å². The number of aliphatic hydroxyl groups is 1. The van der Waals surface area contributed by atoms with E-state index in [1.54, 1.807) is 6.26 Å². The molecule has 0 radical (unpaired) electrons. The van der Waals surface area contributed by atoms with E-state index in [2.05, 4.69) is 6.92 Å². The highest BCUT2D eigenvalue weighted by Crippen LogP contribution is 2.17. The summed E-state index contributed by atoms with van der Waals surface area (Å²) in [6, 6.07) is 0. The van der Waals surface area contributed by atoms with E-state index in [4.69, 9.17) is 9.47 Å². The summed E-state index contributed by atoms with van der Waals surface area (Å²) in [5, 5.41) is 9.74. The van der Waals surface area contributed by atoms with Crippen molar-refractivity contribution < 1.29 is 14.6 Å². The molecule has 0 saturated carbocycles. The van der Waals surface area contributed by atoms with Crippen molar-refractivity contribution in [2.45, 2.75) is 38.7 Å². The van der Waals surface area contributed by atoms with Gasteiger partial charge in [-0.1, -0.05) is 6.92 Å². The zero-order valence-electron chi connectivity index (χ0n) is 8.87. The Labute approximate surface area is 85.7 Å². The maximum atomic E-state index is 9.74. The lowest BCUT2D eigenvalue weighted by molar-refractivity contribution is 0.0892. The van der Waals surface area contributed by atoms with Crippen molar-refractivity contribution in [3.63, 3.8) is 0 Å². The summed E-state index contributed by atoms with van der Waals surface area (Å²) in [7, 11) is 0. The lowest BCUT2D eigenvalue weighted by Crippen LogP contribution is -2.16. The first kappa shape index (κ1) is 11.5. The number of aliphatic hydroxyl groups excluding tert-OH is 1. The van der Waals surface area contributed by atoms with Crippen LogP contribution in [0.15, 0.2) is 11.8 Å². The highest BCUT2D eigenvalue weighted by Gasteiger charge is 2.13. The van der Waals surface area contributed by atoms with E-state index in [0.717, 1.165) is 38.0 Å². The fraction of sp³-hybridized carbons (Fsp3) is 0.818. The lowest BCUT2D eigenvalue weighted by Gasteiger charge is -2.18. The molecule has 0 aromatic heterocycles. The fourth-order valence-electron chi connectivity index (χ4n) is 1.46. The minimum atomic E-state index is -0.382. The summed E-state index contributed by atoms with van der Waals surface area (Å²) >= 11 is 0. The van der Waals surface area contributed by atoms with Crippen molar-refractivity contribution in [3.8, 4) is 0 Å². The van der Waals surface area contributed by atoms with E-state index in [1.165, 1.54) is 0 Å². The average molecular weight is 200 g/mol. The maximum absolute atomic E-state index is 9.74. The molecule has 1 unspecified atom stereocenters. The molecule has 0 saturated heterocycles. The van der Waals surface area contributed by atoms with Crippen LogP contribution in [0.1, 0.15) is 32.6 Å². The molecule has 0 aromatic rings. The van der Waals surface area contributed by atoms with Gasteiger partial charge in [0.05, 0.1) is 19.0 Å². The Kier molecular flexibility index (Phi) is 5.64. The second-order valence-electron chi connectivity index (χ2n) is 3.58. The van der Waals surface area contributed by atoms with Gasteiger partial charge in [0.1, 0.15) is 0 Å². The molecule has 14 heavy (non-hydrogen) atoms. The summed E-state index contributed by atoms with van der Waals surface area (Å²) in [6.45, 7) is 4.27. The fourth-order valence-corrected chi connectivity index (χ4v) is 1.46. The average Bonchev–Trinajstić information content (AvgIpc) is 2.25. The first-order chi connectivity index (χ1) is 6.84. The van der Waals surface area contributed by atoms with Gasteiger partial charge in [0.2, 0.25) is 0 Å². The molecule has 0 spiro atoms. The van der Waals surface area contributed by atoms with Crippen LogP contribution in [0, 0.1) is 0 Å². The van der Waals surface area contributed by atoms with Crippen molar-refractivity contribution in [1.82, 2.24) is 0 Å². The van der Waals surface area contributed by atoms with E-state index in [9.17, 15) is 5.11 Å². The summed E-state index contributed by atoms with van der Waals surface area (Å²) < 4.78 is 10.5. The Bertz CT molecular complexity index is 177. The molecule has 3 nitrogen and oxygen atoms in total. The van der Waals surface area contributed by atoms with Crippen LogP contribution >= 0.6 is 0 Å². The van der Waals surface area contributed by atoms with Crippen molar-refractivity contribution in [2.24, 2.45) is 0 Å². The van der Waals surface area contributed by atoms with Gasteiger partial charge in [0.25, 0.3) is 0 Å². The molecule has 1 N–H and O–H groups in total. The van der Waals surface area contributed by atoms with E-state index in [1.807, 2.05) is 0 Å². The third kappa shape index (κ3) is 4.11. The standard InChI is InChI=1S/C11H20O3/c1-2-6-13-8-5-11(12)10-4-3-7-14-9-10/h9,11-12H,2-8H2,1H3. The molecule has 1 rings (SSSR count). The number of hydrogen-bond acceptors (Lipinski definition) is 3. The van der Waals surface area contributed by atoms with E-state index < -0.39 is 0 Å². The molecule has 0 amide bonds. The molecule has 0 fully saturated rings. The largest absolute Gasteiger partial charge is 0.501 e. The number of ether oxygens (including phenoxy) is 2. The monoisotopic (exact) mass is 200 g/mol. The Morgan fingerprint density at radius 3 is 3.07 bits per heavy atom. The lowest BCUT2D eigenvalue weighted by atomic mass is 10.0. The normalized spacial score (nSPS) is 18.6. The first-order valence-electron chi connectivity index (χ1n) is 5.41. The van der Waals surface area contributed by atoms with Crippen molar-refractivity contribution in [2.75, 3.05) is 19.8 Å². The Balaban J connectivity index is 2.13. The second kappa shape index (κ2) is 6.85.